The summed E-state index contributed by atoms with van der Waals surface area (Å²) in [5, 5.41) is 0.680. The summed E-state index contributed by atoms with van der Waals surface area (Å²) in [6, 6.07) is 14.1. The number of carbonyl (C=O) groups excluding carboxylic acids is 2. The van der Waals surface area contributed by atoms with Crippen molar-refractivity contribution in [2.75, 3.05) is 7.11 Å². The van der Waals surface area contributed by atoms with Gasteiger partial charge in [-0.25, -0.2) is 0 Å². The third kappa shape index (κ3) is 2.36. The molecule has 0 atom stereocenters. The molecule has 1 aromatic heterocycles. The molecule has 1 heterocycles. The molecular weight excluding hydrogens is 292 g/mol. The van der Waals surface area contributed by atoms with E-state index in [1.807, 2.05) is 12.1 Å². The normalized spacial score (nSPS) is 10.7. The number of amides is 1. The van der Waals surface area contributed by atoms with Crippen LogP contribution in [0.15, 0.2) is 48.5 Å². The molecule has 3 rings (SSSR count). The summed E-state index contributed by atoms with van der Waals surface area (Å²) in [5.41, 5.74) is 7.58. The van der Waals surface area contributed by atoms with Gasteiger partial charge in [0, 0.05) is 16.6 Å². The molecule has 0 bridgehead atoms. The van der Waals surface area contributed by atoms with E-state index in [4.69, 9.17) is 10.5 Å². The fraction of sp³-hybridized carbons (Fsp3) is 0.111. The molecule has 0 fully saturated rings. The fourth-order valence-electron chi connectivity index (χ4n) is 2.80. The van der Waals surface area contributed by atoms with Gasteiger partial charge in [0.15, 0.2) is 0 Å². The number of nitrogens with zero attached hydrogens (tertiary/aromatic N) is 1. The molecule has 0 radical (unpaired) electrons. The Kier molecular flexibility index (Phi) is 3.62. The van der Waals surface area contributed by atoms with Crippen molar-refractivity contribution in [1.82, 2.24) is 4.57 Å². The van der Waals surface area contributed by atoms with Gasteiger partial charge in [-0.1, -0.05) is 18.2 Å². The second-order valence-electron chi connectivity index (χ2n) is 5.21. The van der Waals surface area contributed by atoms with Crippen molar-refractivity contribution in [3.8, 4) is 5.75 Å². The molecule has 0 saturated heterocycles. The van der Waals surface area contributed by atoms with Crippen LogP contribution in [-0.4, -0.2) is 23.5 Å². The minimum atomic E-state index is -0.542. The quantitative estimate of drug-likeness (QED) is 0.808. The summed E-state index contributed by atoms with van der Waals surface area (Å²) in [5.74, 6) is -0.0812. The van der Waals surface area contributed by atoms with Crippen LogP contribution in [0.1, 0.15) is 26.4 Å². The third-order valence-electron chi connectivity index (χ3n) is 3.90. The van der Waals surface area contributed by atoms with Crippen LogP contribution < -0.4 is 10.5 Å². The largest absolute Gasteiger partial charge is 0.497 e. The minimum Gasteiger partial charge on any atom is -0.497 e. The number of aromatic nitrogens is 1. The number of ether oxygens (including phenoxy) is 1. The van der Waals surface area contributed by atoms with Gasteiger partial charge < -0.3 is 10.5 Å². The molecule has 0 aliphatic carbocycles. The van der Waals surface area contributed by atoms with Crippen LogP contribution in [0.5, 0.6) is 5.75 Å². The highest BCUT2D eigenvalue weighted by molar-refractivity contribution is 6.12. The highest BCUT2D eigenvalue weighted by Crippen LogP contribution is 2.26. The van der Waals surface area contributed by atoms with E-state index < -0.39 is 5.91 Å². The molecule has 0 aliphatic heterocycles. The maximum absolute atomic E-state index is 12.9. The first kappa shape index (κ1) is 14.8. The summed E-state index contributed by atoms with van der Waals surface area (Å²) < 4.78 is 6.63. The van der Waals surface area contributed by atoms with E-state index >= 15 is 0 Å². The van der Waals surface area contributed by atoms with Crippen molar-refractivity contribution in [1.29, 1.82) is 0 Å². The number of fused-ring (bicyclic) bond motifs is 1. The summed E-state index contributed by atoms with van der Waals surface area (Å²) in [4.78, 5) is 24.7. The molecule has 1 amide bonds. The number of hydrogen-bond acceptors (Lipinski definition) is 3. The van der Waals surface area contributed by atoms with Gasteiger partial charge in [0.25, 0.3) is 11.8 Å². The van der Waals surface area contributed by atoms with Crippen LogP contribution in [0.4, 0.5) is 0 Å². The summed E-state index contributed by atoms with van der Waals surface area (Å²) >= 11 is 0. The van der Waals surface area contributed by atoms with Crippen LogP contribution in [0, 0.1) is 6.92 Å². The first-order valence-electron chi connectivity index (χ1n) is 7.13. The zero-order valence-electron chi connectivity index (χ0n) is 12.9. The predicted molar refractivity (Wildman–Crippen MR) is 87.9 cm³/mol. The zero-order valence-corrected chi connectivity index (χ0v) is 12.9. The van der Waals surface area contributed by atoms with Gasteiger partial charge >= 0.3 is 0 Å². The molecule has 5 nitrogen and oxygen atoms in total. The fourth-order valence-corrected chi connectivity index (χ4v) is 2.80. The van der Waals surface area contributed by atoms with Gasteiger partial charge in [0.05, 0.1) is 18.2 Å². The maximum atomic E-state index is 12.9. The molecular formula is C18H16N2O3. The molecule has 23 heavy (non-hydrogen) atoms. The van der Waals surface area contributed by atoms with Crippen molar-refractivity contribution in [2.24, 2.45) is 5.73 Å². The Bertz CT molecular complexity index is 908. The monoisotopic (exact) mass is 308 g/mol. The lowest BCUT2D eigenvalue weighted by Crippen LogP contribution is -2.16. The average Bonchev–Trinajstić information content (AvgIpc) is 2.86. The van der Waals surface area contributed by atoms with Crippen LogP contribution in [0.2, 0.25) is 0 Å². The number of primary amides is 1. The SMILES string of the molecule is COc1ccc(C(=O)n2c(C)c(C(N)=O)c3ccccc32)cc1. The first-order chi connectivity index (χ1) is 11.0. The number of para-hydroxylation sites is 1. The van der Waals surface area contributed by atoms with Crippen LogP contribution in [0.25, 0.3) is 10.9 Å². The third-order valence-corrected chi connectivity index (χ3v) is 3.90. The minimum absolute atomic E-state index is 0.214. The Hall–Kier alpha value is -3.08. The lowest BCUT2D eigenvalue weighted by Gasteiger charge is -2.08. The smallest absolute Gasteiger partial charge is 0.262 e. The molecule has 2 N–H and O–H groups in total. The molecule has 2 aromatic carbocycles. The van der Waals surface area contributed by atoms with Crippen molar-refractivity contribution in [2.45, 2.75) is 6.92 Å². The molecule has 3 aromatic rings. The molecule has 5 heteroatoms. The van der Waals surface area contributed by atoms with Crippen LogP contribution in [0.3, 0.4) is 0 Å². The van der Waals surface area contributed by atoms with E-state index in [2.05, 4.69) is 0 Å². The highest BCUT2D eigenvalue weighted by atomic mass is 16.5. The Labute approximate surface area is 133 Å². The Morgan fingerprint density at radius 3 is 2.30 bits per heavy atom. The summed E-state index contributed by atoms with van der Waals surface area (Å²) in [7, 11) is 1.57. The zero-order chi connectivity index (χ0) is 16.6. The van der Waals surface area contributed by atoms with E-state index in [-0.39, 0.29) is 5.91 Å². The van der Waals surface area contributed by atoms with Crippen LogP contribution in [-0.2, 0) is 0 Å². The Morgan fingerprint density at radius 2 is 1.70 bits per heavy atom. The molecule has 116 valence electrons. The predicted octanol–water partition coefficient (Wildman–Crippen LogP) is 2.75. The van der Waals surface area contributed by atoms with E-state index in [0.717, 1.165) is 0 Å². The van der Waals surface area contributed by atoms with Crippen molar-refractivity contribution in [3.63, 3.8) is 0 Å². The number of benzene rings is 2. The van der Waals surface area contributed by atoms with Gasteiger partial charge in [-0.05, 0) is 37.3 Å². The Balaban J connectivity index is 2.20. The number of hydrogen-bond donors (Lipinski definition) is 1. The lowest BCUT2D eigenvalue weighted by molar-refractivity contribution is 0.0963. The highest BCUT2D eigenvalue weighted by Gasteiger charge is 2.22. The molecule has 0 unspecified atom stereocenters. The molecule has 0 spiro atoms. The summed E-state index contributed by atoms with van der Waals surface area (Å²) in [6.45, 7) is 1.72. The average molecular weight is 308 g/mol. The van der Waals surface area contributed by atoms with Gasteiger partial charge in [-0.2, -0.15) is 0 Å². The van der Waals surface area contributed by atoms with Crippen LogP contribution >= 0.6 is 0 Å². The van der Waals surface area contributed by atoms with Crippen molar-refractivity contribution in [3.05, 3.63) is 65.4 Å². The second kappa shape index (κ2) is 5.61. The van der Waals surface area contributed by atoms with E-state index in [0.29, 0.717) is 33.5 Å². The van der Waals surface area contributed by atoms with Gasteiger partial charge in [0.2, 0.25) is 0 Å². The van der Waals surface area contributed by atoms with Gasteiger partial charge in [-0.3, -0.25) is 14.2 Å². The second-order valence-corrected chi connectivity index (χ2v) is 5.21. The first-order valence-corrected chi connectivity index (χ1v) is 7.13. The number of methoxy groups -OCH3 is 1. The standard InChI is InChI=1S/C18H16N2O3/c1-11-16(17(19)21)14-5-3-4-6-15(14)20(11)18(22)12-7-9-13(23-2)10-8-12/h3-10H,1-2H3,(H2,19,21). The molecule has 0 aliphatic rings. The number of carbonyl (C=O) groups is 2. The Morgan fingerprint density at radius 1 is 1.04 bits per heavy atom. The van der Waals surface area contributed by atoms with E-state index in [9.17, 15) is 9.59 Å². The molecule has 0 saturated carbocycles. The van der Waals surface area contributed by atoms with E-state index in [1.165, 1.54) is 4.57 Å². The van der Waals surface area contributed by atoms with Crippen molar-refractivity contribution < 1.29 is 14.3 Å². The number of nitrogens with two attached hydrogens (primary N) is 1. The maximum Gasteiger partial charge on any atom is 0.262 e. The van der Waals surface area contributed by atoms with Gasteiger partial charge in [0.1, 0.15) is 5.75 Å². The van der Waals surface area contributed by atoms with E-state index in [1.54, 1.807) is 50.4 Å². The summed E-state index contributed by atoms with van der Waals surface area (Å²) in [6.07, 6.45) is 0. The van der Waals surface area contributed by atoms with Gasteiger partial charge in [-0.15, -0.1) is 0 Å². The topological polar surface area (TPSA) is 74.3 Å². The van der Waals surface area contributed by atoms with Crippen molar-refractivity contribution >= 4 is 22.7 Å². The lowest BCUT2D eigenvalue weighted by atomic mass is 10.1. The number of rotatable bonds is 3.